The molecule has 1 aromatic heterocycles. The van der Waals surface area contributed by atoms with Crippen LogP contribution in [0.2, 0.25) is 4.34 Å². The van der Waals surface area contributed by atoms with E-state index < -0.39 is 4.92 Å². The molecule has 116 valence electrons. The number of thioether (sulfide) groups is 1. The van der Waals surface area contributed by atoms with Gasteiger partial charge in [0.2, 0.25) is 5.91 Å². The van der Waals surface area contributed by atoms with Crippen LogP contribution >= 0.6 is 34.7 Å². The molecule has 0 saturated carbocycles. The number of anilines is 1. The minimum atomic E-state index is -0.458. The van der Waals surface area contributed by atoms with E-state index >= 15 is 0 Å². The van der Waals surface area contributed by atoms with Gasteiger partial charge in [-0.15, -0.1) is 23.1 Å². The van der Waals surface area contributed by atoms with E-state index in [-0.39, 0.29) is 17.3 Å². The smallest absolute Gasteiger partial charge is 0.274 e. The monoisotopic (exact) mass is 356 g/mol. The quantitative estimate of drug-likeness (QED) is 0.611. The maximum Gasteiger partial charge on any atom is 0.274 e. The van der Waals surface area contributed by atoms with Gasteiger partial charge >= 0.3 is 0 Å². The average Bonchev–Trinajstić information content (AvgIpc) is 2.86. The number of nitrogens with one attached hydrogen (secondary N) is 1. The van der Waals surface area contributed by atoms with Crippen LogP contribution in [-0.4, -0.2) is 16.6 Å². The van der Waals surface area contributed by atoms with Gasteiger partial charge in [-0.1, -0.05) is 17.7 Å². The van der Waals surface area contributed by atoms with Crippen molar-refractivity contribution in [2.75, 3.05) is 11.1 Å². The van der Waals surface area contributed by atoms with Gasteiger partial charge in [-0.25, -0.2) is 0 Å². The first kappa shape index (κ1) is 16.8. The van der Waals surface area contributed by atoms with E-state index in [4.69, 9.17) is 11.6 Å². The topological polar surface area (TPSA) is 72.2 Å². The number of hydrogen-bond acceptors (Lipinski definition) is 5. The lowest BCUT2D eigenvalue weighted by molar-refractivity contribution is -0.385. The molecule has 0 aliphatic rings. The normalized spacial score (nSPS) is 10.5. The summed E-state index contributed by atoms with van der Waals surface area (Å²) in [4.78, 5) is 23.4. The van der Waals surface area contributed by atoms with E-state index in [1.807, 2.05) is 12.1 Å². The van der Waals surface area contributed by atoms with Gasteiger partial charge in [-0.2, -0.15) is 0 Å². The Morgan fingerprint density at radius 1 is 1.41 bits per heavy atom. The number of nitrogens with zero attached hydrogens (tertiary/aromatic N) is 1. The fraction of sp³-hybridized carbons (Fsp3) is 0.214. The molecule has 8 heteroatoms. The summed E-state index contributed by atoms with van der Waals surface area (Å²) >= 11 is 8.79. The summed E-state index contributed by atoms with van der Waals surface area (Å²) in [7, 11) is 0. The number of hydrogen-bond donors (Lipinski definition) is 1. The lowest BCUT2D eigenvalue weighted by Crippen LogP contribution is -2.14. The molecule has 0 fully saturated rings. The summed E-state index contributed by atoms with van der Waals surface area (Å²) in [6, 6.07) is 8.41. The summed E-state index contributed by atoms with van der Waals surface area (Å²) in [5.74, 6) is 0.793. The molecule has 5 nitrogen and oxygen atoms in total. The van der Waals surface area contributed by atoms with Crippen LogP contribution in [-0.2, 0) is 10.5 Å². The second-order valence-electron chi connectivity index (χ2n) is 4.51. The Hall–Kier alpha value is -1.57. The van der Waals surface area contributed by atoms with Crippen molar-refractivity contribution in [3.63, 3.8) is 0 Å². The summed E-state index contributed by atoms with van der Waals surface area (Å²) in [5, 5.41) is 13.5. The molecule has 2 aromatic rings. The molecule has 0 bridgehead atoms. The number of amides is 1. The number of carbonyl (C=O) groups is 1. The highest BCUT2D eigenvalue weighted by Gasteiger charge is 2.12. The van der Waals surface area contributed by atoms with E-state index in [0.717, 1.165) is 9.21 Å². The van der Waals surface area contributed by atoms with Crippen molar-refractivity contribution in [1.82, 2.24) is 0 Å². The highest BCUT2D eigenvalue weighted by Crippen LogP contribution is 2.25. The van der Waals surface area contributed by atoms with E-state index in [2.05, 4.69) is 5.32 Å². The zero-order chi connectivity index (χ0) is 16.1. The third-order valence-corrected chi connectivity index (χ3v) is 5.19. The standard InChI is InChI=1S/C14H13ClN2O3S2/c1-9-2-3-10(6-12(9)17(19)20)16-14(18)8-21-7-11-4-5-13(15)22-11/h2-6H,7-8H2,1H3,(H,16,18). The summed E-state index contributed by atoms with van der Waals surface area (Å²) in [6.07, 6.45) is 0. The summed E-state index contributed by atoms with van der Waals surface area (Å²) in [5.41, 5.74) is 0.993. The molecule has 1 N–H and O–H groups in total. The van der Waals surface area contributed by atoms with Crippen LogP contribution in [0.3, 0.4) is 0 Å². The molecule has 0 radical (unpaired) electrons. The highest BCUT2D eigenvalue weighted by molar-refractivity contribution is 7.99. The molecule has 0 saturated heterocycles. The first-order valence-electron chi connectivity index (χ1n) is 6.32. The van der Waals surface area contributed by atoms with Crippen molar-refractivity contribution < 1.29 is 9.72 Å². The molecular weight excluding hydrogens is 344 g/mol. The van der Waals surface area contributed by atoms with Gasteiger partial charge in [0.25, 0.3) is 5.69 Å². The van der Waals surface area contributed by atoms with E-state index in [1.165, 1.54) is 29.2 Å². The highest BCUT2D eigenvalue weighted by atomic mass is 35.5. The molecule has 0 aliphatic carbocycles. The number of rotatable bonds is 6. The fourth-order valence-electron chi connectivity index (χ4n) is 1.75. The summed E-state index contributed by atoms with van der Waals surface area (Å²) in [6.45, 7) is 1.66. The zero-order valence-electron chi connectivity index (χ0n) is 11.7. The van der Waals surface area contributed by atoms with Crippen LogP contribution in [0, 0.1) is 17.0 Å². The second-order valence-corrected chi connectivity index (χ2v) is 7.29. The molecule has 0 spiro atoms. The van der Waals surface area contributed by atoms with E-state index in [9.17, 15) is 14.9 Å². The Morgan fingerprint density at radius 3 is 2.82 bits per heavy atom. The van der Waals surface area contributed by atoms with Gasteiger partial charge in [0, 0.05) is 27.9 Å². The maximum atomic E-state index is 11.8. The van der Waals surface area contributed by atoms with Crippen molar-refractivity contribution in [3.05, 3.63) is 55.2 Å². The van der Waals surface area contributed by atoms with Crippen LogP contribution in [0.1, 0.15) is 10.4 Å². The van der Waals surface area contributed by atoms with Gasteiger partial charge in [0.05, 0.1) is 15.0 Å². The SMILES string of the molecule is Cc1ccc(NC(=O)CSCc2ccc(Cl)s2)cc1[N+](=O)[O-]. The Morgan fingerprint density at radius 2 is 2.18 bits per heavy atom. The molecule has 2 rings (SSSR count). The van der Waals surface area contributed by atoms with Gasteiger partial charge < -0.3 is 5.32 Å². The molecule has 0 atom stereocenters. The lowest BCUT2D eigenvalue weighted by atomic mass is 10.2. The molecule has 1 heterocycles. The van der Waals surface area contributed by atoms with Crippen molar-refractivity contribution >= 4 is 52.0 Å². The van der Waals surface area contributed by atoms with Crippen molar-refractivity contribution in [2.24, 2.45) is 0 Å². The van der Waals surface area contributed by atoms with Crippen LogP contribution in [0.25, 0.3) is 0 Å². The van der Waals surface area contributed by atoms with Gasteiger partial charge in [0.15, 0.2) is 0 Å². The molecule has 1 amide bonds. The lowest BCUT2D eigenvalue weighted by Gasteiger charge is -2.06. The second kappa shape index (κ2) is 7.62. The van der Waals surface area contributed by atoms with Crippen LogP contribution in [0.4, 0.5) is 11.4 Å². The van der Waals surface area contributed by atoms with E-state index in [1.54, 1.807) is 19.1 Å². The minimum absolute atomic E-state index is 0.00122. The zero-order valence-corrected chi connectivity index (χ0v) is 14.1. The van der Waals surface area contributed by atoms with Gasteiger partial charge in [-0.3, -0.25) is 14.9 Å². The first-order valence-corrected chi connectivity index (χ1v) is 8.67. The molecule has 1 aromatic carbocycles. The third-order valence-electron chi connectivity index (χ3n) is 2.80. The Labute approximate surface area is 140 Å². The molecular formula is C14H13ClN2O3S2. The van der Waals surface area contributed by atoms with Gasteiger partial charge in [0.1, 0.15) is 0 Å². The molecule has 0 aliphatic heterocycles. The number of thiophene rings is 1. The maximum absolute atomic E-state index is 11.8. The summed E-state index contributed by atoms with van der Waals surface area (Å²) < 4.78 is 0.729. The number of benzene rings is 1. The fourth-order valence-corrected chi connectivity index (χ4v) is 3.78. The van der Waals surface area contributed by atoms with Crippen molar-refractivity contribution in [1.29, 1.82) is 0 Å². The minimum Gasteiger partial charge on any atom is -0.325 e. The predicted octanol–water partition coefficient (Wildman–Crippen LogP) is 4.49. The first-order chi connectivity index (χ1) is 10.5. The van der Waals surface area contributed by atoms with Gasteiger partial charge in [-0.05, 0) is 25.1 Å². The average molecular weight is 357 g/mol. The number of carbonyl (C=O) groups excluding carboxylic acids is 1. The predicted molar refractivity (Wildman–Crippen MR) is 92.0 cm³/mol. The number of halogens is 1. The van der Waals surface area contributed by atoms with Crippen LogP contribution in [0.5, 0.6) is 0 Å². The van der Waals surface area contributed by atoms with Crippen LogP contribution in [0.15, 0.2) is 30.3 Å². The number of nitro benzene ring substituents is 1. The third kappa shape index (κ3) is 4.72. The van der Waals surface area contributed by atoms with Crippen molar-refractivity contribution in [3.8, 4) is 0 Å². The molecule has 22 heavy (non-hydrogen) atoms. The van der Waals surface area contributed by atoms with Crippen molar-refractivity contribution in [2.45, 2.75) is 12.7 Å². The number of aryl methyl sites for hydroxylation is 1. The Bertz CT molecular complexity index is 703. The molecule has 0 unspecified atom stereocenters. The van der Waals surface area contributed by atoms with E-state index in [0.29, 0.717) is 17.0 Å². The van der Waals surface area contributed by atoms with Crippen LogP contribution < -0.4 is 5.32 Å². The largest absolute Gasteiger partial charge is 0.325 e. The Kier molecular flexibility index (Phi) is 5.82. The Balaban J connectivity index is 1.86. The number of nitro groups is 1.